The first-order valence-corrected chi connectivity index (χ1v) is 10.1. The van der Waals surface area contributed by atoms with E-state index in [9.17, 15) is 4.79 Å². The number of ether oxygens (including phenoxy) is 1. The molecule has 4 heteroatoms. The second-order valence-electron chi connectivity index (χ2n) is 7.29. The monoisotopic (exact) mass is 395 g/mol. The van der Waals surface area contributed by atoms with Crippen molar-refractivity contribution in [2.24, 2.45) is 0 Å². The van der Waals surface area contributed by atoms with Crippen LogP contribution in [0.3, 0.4) is 0 Å². The van der Waals surface area contributed by atoms with Crippen LogP contribution in [0.4, 0.5) is 0 Å². The molecule has 0 aliphatic carbocycles. The smallest absolute Gasteiger partial charge is 0.339 e. The van der Waals surface area contributed by atoms with Gasteiger partial charge in [-0.15, -0.1) is 0 Å². The number of esters is 1. The van der Waals surface area contributed by atoms with Gasteiger partial charge in [0.25, 0.3) is 0 Å². The maximum atomic E-state index is 13.0. The first-order chi connectivity index (χ1) is 13.4. The zero-order chi connectivity index (χ0) is 20.3. The van der Waals surface area contributed by atoms with Gasteiger partial charge >= 0.3 is 5.97 Å². The average molecular weight is 396 g/mol. The summed E-state index contributed by atoms with van der Waals surface area (Å²) in [5.41, 5.74) is 6.05. The highest BCUT2D eigenvalue weighted by atomic mass is 35.5. The molecule has 0 N–H and O–H groups in total. The highest BCUT2D eigenvalue weighted by Gasteiger charge is 2.21. The molecule has 0 saturated carbocycles. The van der Waals surface area contributed by atoms with E-state index < -0.39 is 0 Å². The molecule has 0 bridgehead atoms. The van der Waals surface area contributed by atoms with Crippen LogP contribution in [0.1, 0.15) is 53.2 Å². The lowest BCUT2D eigenvalue weighted by Gasteiger charge is -2.16. The molecular formula is C24H26ClNO2. The maximum absolute atomic E-state index is 13.0. The summed E-state index contributed by atoms with van der Waals surface area (Å²) < 4.78 is 5.62. The summed E-state index contributed by atoms with van der Waals surface area (Å²) in [5.74, 6) is -0.283. The van der Waals surface area contributed by atoms with Gasteiger partial charge in [-0.05, 0) is 56.5 Å². The van der Waals surface area contributed by atoms with Crippen LogP contribution in [0.2, 0.25) is 5.02 Å². The molecule has 0 saturated heterocycles. The highest BCUT2D eigenvalue weighted by Crippen LogP contribution is 2.33. The van der Waals surface area contributed by atoms with Gasteiger partial charge in [0.2, 0.25) is 0 Å². The Balaban J connectivity index is 2.19. The Morgan fingerprint density at radius 2 is 1.89 bits per heavy atom. The molecule has 0 aliphatic rings. The second kappa shape index (κ2) is 8.74. The summed E-state index contributed by atoms with van der Waals surface area (Å²) >= 11 is 6.20. The number of aryl methyl sites for hydroxylation is 2. The van der Waals surface area contributed by atoms with Crippen LogP contribution in [-0.2, 0) is 4.74 Å². The van der Waals surface area contributed by atoms with E-state index in [0.29, 0.717) is 17.2 Å². The van der Waals surface area contributed by atoms with Crippen molar-refractivity contribution in [1.82, 2.24) is 4.98 Å². The average Bonchev–Trinajstić information content (AvgIpc) is 2.64. The molecule has 146 valence electrons. The van der Waals surface area contributed by atoms with Crippen LogP contribution in [0.25, 0.3) is 22.2 Å². The van der Waals surface area contributed by atoms with E-state index in [1.165, 1.54) is 0 Å². The van der Waals surface area contributed by atoms with E-state index in [1.807, 2.05) is 51.1 Å². The molecule has 3 nitrogen and oxygen atoms in total. The number of benzene rings is 2. The molecule has 0 amide bonds. The number of pyridine rings is 1. The fraction of sp³-hybridized carbons (Fsp3) is 0.333. The minimum Gasteiger partial charge on any atom is -0.462 e. The Morgan fingerprint density at radius 3 is 2.61 bits per heavy atom. The second-order valence-corrected chi connectivity index (χ2v) is 7.73. The van der Waals surface area contributed by atoms with Gasteiger partial charge in [-0.1, -0.05) is 55.1 Å². The quantitative estimate of drug-likeness (QED) is 0.339. The van der Waals surface area contributed by atoms with Crippen LogP contribution >= 0.6 is 11.6 Å². The molecular weight excluding hydrogens is 370 g/mol. The third kappa shape index (κ3) is 4.20. The summed E-state index contributed by atoms with van der Waals surface area (Å²) in [5, 5.41) is 1.49. The van der Waals surface area contributed by atoms with Gasteiger partial charge in [-0.3, -0.25) is 0 Å². The molecule has 2 aromatic carbocycles. The fourth-order valence-electron chi connectivity index (χ4n) is 3.58. The third-order valence-corrected chi connectivity index (χ3v) is 5.19. The number of hydrogen-bond donors (Lipinski definition) is 0. The minimum absolute atomic E-state index is 0.283. The Labute approximate surface area is 171 Å². The molecule has 0 radical (unpaired) electrons. The number of aromatic nitrogens is 1. The Kier molecular flexibility index (Phi) is 6.35. The number of carbonyl (C=O) groups excluding carboxylic acids is 1. The zero-order valence-corrected chi connectivity index (χ0v) is 17.7. The number of carbonyl (C=O) groups is 1. The normalized spacial score (nSPS) is 11.0. The lowest BCUT2D eigenvalue weighted by atomic mass is 9.95. The molecule has 0 atom stereocenters. The van der Waals surface area contributed by atoms with Crippen molar-refractivity contribution in [2.45, 2.75) is 47.0 Å². The van der Waals surface area contributed by atoms with E-state index >= 15 is 0 Å². The van der Waals surface area contributed by atoms with Crippen molar-refractivity contribution >= 4 is 28.5 Å². The summed E-state index contributed by atoms with van der Waals surface area (Å²) in [6.07, 6.45) is 3.02. The summed E-state index contributed by atoms with van der Waals surface area (Å²) in [4.78, 5) is 18.0. The summed E-state index contributed by atoms with van der Waals surface area (Å²) in [7, 11) is 0. The Morgan fingerprint density at radius 1 is 1.11 bits per heavy atom. The van der Waals surface area contributed by atoms with E-state index in [4.69, 9.17) is 21.3 Å². The molecule has 0 spiro atoms. The van der Waals surface area contributed by atoms with Gasteiger partial charge < -0.3 is 4.74 Å². The largest absolute Gasteiger partial charge is 0.462 e. The molecule has 28 heavy (non-hydrogen) atoms. The number of rotatable bonds is 6. The van der Waals surface area contributed by atoms with Crippen LogP contribution in [0, 0.1) is 20.8 Å². The van der Waals surface area contributed by atoms with E-state index in [1.54, 1.807) is 0 Å². The maximum Gasteiger partial charge on any atom is 0.339 e. The van der Waals surface area contributed by atoms with Gasteiger partial charge in [-0.25, -0.2) is 9.78 Å². The lowest BCUT2D eigenvalue weighted by molar-refractivity contribution is 0.0499. The van der Waals surface area contributed by atoms with Crippen molar-refractivity contribution in [2.75, 3.05) is 6.61 Å². The van der Waals surface area contributed by atoms with Crippen molar-refractivity contribution in [3.63, 3.8) is 0 Å². The van der Waals surface area contributed by atoms with Crippen LogP contribution in [0.15, 0.2) is 36.4 Å². The Bertz CT molecular complexity index is 1030. The van der Waals surface area contributed by atoms with E-state index in [0.717, 1.165) is 58.1 Å². The fourth-order valence-corrected chi connectivity index (χ4v) is 3.77. The van der Waals surface area contributed by atoms with Crippen molar-refractivity contribution in [3.05, 3.63) is 63.7 Å². The standard InChI is InChI=1S/C24H26ClNO2/c1-5-6-7-11-28-24(27)21-17(4)23(18-9-8-10-19(25)14-18)26-22-16(3)12-15(2)13-20(21)22/h8-10,12-14H,5-7,11H2,1-4H3. The summed E-state index contributed by atoms with van der Waals surface area (Å²) in [6.45, 7) is 8.56. The van der Waals surface area contributed by atoms with Gasteiger partial charge in [-0.2, -0.15) is 0 Å². The van der Waals surface area contributed by atoms with Crippen molar-refractivity contribution in [1.29, 1.82) is 0 Å². The first-order valence-electron chi connectivity index (χ1n) is 9.77. The van der Waals surface area contributed by atoms with Gasteiger partial charge in [0, 0.05) is 16.0 Å². The van der Waals surface area contributed by atoms with Gasteiger partial charge in [0.05, 0.1) is 23.4 Å². The molecule has 0 aliphatic heterocycles. The zero-order valence-electron chi connectivity index (χ0n) is 16.9. The van der Waals surface area contributed by atoms with Crippen LogP contribution in [0.5, 0.6) is 0 Å². The molecule has 3 aromatic rings. The molecule has 1 heterocycles. The molecule has 0 fully saturated rings. The SMILES string of the molecule is CCCCCOC(=O)c1c(C)c(-c2cccc(Cl)c2)nc2c(C)cc(C)cc12. The van der Waals surface area contributed by atoms with Crippen molar-refractivity contribution < 1.29 is 9.53 Å². The highest BCUT2D eigenvalue weighted by molar-refractivity contribution is 6.30. The minimum atomic E-state index is -0.283. The predicted molar refractivity (Wildman–Crippen MR) is 116 cm³/mol. The van der Waals surface area contributed by atoms with E-state index in [2.05, 4.69) is 13.0 Å². The first kappa shape index (κ1) is 20.3. The van der Waals surface area contributed by atoms with Gasteiger partial charge in [0.1, 0.15) is 0 Å². The van der Waals surface area contributed by atoms with Crippen LogP contribution < -0.4 is 0 Å². The molecule has 0 unspecified atom stereocenters. The number of fused-ring (bicyclic) bond motifs is 1. The number of unbranched alkanes of at least 4 members (excludes halogenated alkanes) is 2. The summed E-state index contributed by atoms with van der Waals surface area (Å²) in [6, 6.07) is 11.7. The predicted octanol–water partition coefficient (Wildman–Crippen LogP) is 6.83. The molecule has 1 aromatic heterocycles. The number of halogens is 1. The lowest BCUT2D eigenvalue weighted by Crippen LogP contribution is -2.11. The topological polar surface area (TPSA) is 39.2 Å². The van der Waals surface area contributed by atoms with Crippen molar-refractivity contribution in [3.8, 4) is 11.3 Å². The number of nitrogens with zero attached hydrogens (tertiary/aromatic N) is 1. The van der Waals surface area contributed by atoms with E-state index in [-0.39, 0.29) is 5.97 Å². The number of hydrogen-bond acceptors (Lipinski definition) is 3. The molecule has 3 rings (SSSR count). The van der Waals surface area contributed by atoms with Crippen LogP contribution in [-0.4, -0.2) is 17.6 Å². The Hall–Kier alpha value is -2.39. The van der Waals surface area contributed by atoms with Gasteiger partial charge in [0.15, 0.2) is 0 Å². The third-order valence-electron chi connectivity index (χ3n) is 4.95.